The zero-order chi connectivity index (χ0) is 15.0. The molecular formula is C18H24N2. The van der Waals surface area contributed by atoms with Crippen molar-refractivity contribution in [2.75, 3.05) is 6.54 Å². The minimum absolute atomic E-state index is 0.0334. The predicted octanol–water partition coefficient (Wildman–Crippen LogP) is 4.13. The summed E-state index contributed by atoms with van der Waals surface area (Å²) in [6.45, 7) is 6.50. The number of benzene rings is 2. The molecule has 0 saturated carbocycles. The molecule has 0 radical (unpaired) electrons. The van der Waals surface area contributed by atoms with E-state index in [1.807, 2.05) is 75.4 Å². The third-order valence-electron chi connectivity index (χ3n) is 3.15. The number of nitrogens with two attached hydrogens (primary N) is 1. The van der Waals surface area contributed by atoms with Crippen LogP contribution < -0.4 is 5.73 Å². The van der Waals surface area contributed by atoms with Gasteiger partial charge < -0.3 is 11.1 Å². The summed E-state index contributed by atoms with van der Waals surface area (Å²) in [5, 5.41) is 8.31. The van der Waals surface area contributed by atoms with Crippen molar-refractivity contribution in [2.24, 2.45) is 5.73 Å². The second-order valence-electron chi connectivity index (χ2n) is 4.48. The highest BCUT2D eigenvalue weighted by Gasteiger charge is 2.16. The summed E-state index contributed by atoms with van der Waals surface area (Å²) in [4.78, 5) is 0. The lowest BCUT2D eigenvalue weighted by Crippen LogP contribution is -2.21. The van der Waals surface area contributed by atoms with Crippen LogP contribution in [0.1, 0.15) is 36.5 Å². The first-order valence-electron chi connectivity index (χ1n) is 7.13. The molecule has 2 aromatic carbocycles. The molecule has 3 N–H and O–H groups in total. The zero-order valence-electron chi connectivity index (χ0n) is 12.6. The van der Waals surface area contributed by atoms with Crippen LogP contribution in [0.5, 0.6) is 0 Å². The van der Waals surface area contributed by atoms with Crippen LogP contribution >= 0.6 is 0 Å². The molecular weight excluding hydrogens is 244 g/mol. The Morgan fingerprint density at radius 3 is 2.05 bits per heavy atom. The second kappa shape index (κ2) is 8.28. The van der Waals surface area contributed by atoms with E-state index in [0.29, 0.717) is 12.3 Å². The fourth-order valence-electron chi connectivity index (χ4n) is 2.04. The quantitative estimate of drug-likeness (QED) is 0.805. The number of hydrogen-bond donors (Lipinski definition) is 2. The molecule has 1 atom stereocenters. The van der Waals surface area contributed by atoms with Crippen LogP contribution in [0.2, 0.25) is 0 Å². The van der Waals surface area contributed by atoms with E-state index in [0.717, 1.165) is 11.1 Å². The largest absolute Gasteiger partial charge is 0.329 e. The first kappa shape index (κ1) is 16.1. The summed E-state index contributed by atoms with van der Waals surface area (Å²) in [6, 6.07) is 18.0. The average molecular weight is 268 g/mol. The predicted molar refractivity (Wildman–Crippen MR) is 87.6 cm³/mol. The molecule has 0 aliphatic rings. The Kier molecular flexibility index (Phi) is 6.68. The molecule has 1 unspecified atom stereocenters. The standard InChI is InChI=1S/C16H18N2.C2H6/c1-12-7-9-14(10-8-12)16(18)15(11-17)13-5-3-2-4-6-13;1-2/h2-10,15,18H,11,17H2,1H3;1-2H3. The van der Waals surface area contributed by atoms with Gasteiger partial charge in [-0.3, -0.25) is 0 Å². The maximum Gasteiger partial charge on any atom is 0.0473 e. The first-order chi connectivity index (χ1) is 9.72. The van der Waals surface area contributed by atoms with Crippen molar-refractivity contribution in [1.29, 1.82) is 5.41 Å². The van der Waals surface area contributed by atoms with Crippen molar-refractivity contribution in [3.8, 4) is 0 Å². The molecule has 0 amide bonds. The Labute approximate surface area is 122 Å². The minimum Gasteiger partial charge on any atom is -0.329 e. The van der Waals surface area contributed by atoms with Crippen molar-refractivity contribution >= 4 is 5.71 Å². The zero-order valence-corrected chi connectivity index (χ0v) is 12.6. The number of nitrogens with one attached hydrogen (secondary N) is 1. The smallest absolute Gasteiger partial charge is 0.0473 e. The molecule has 0 heterocycles. The van der Waals surface area contributed by atoms with Crippen LogP contribution in [-0.2, 0) is 0 Å². The molecule has 106 valence electrons. The summed E-state index contributed by atoms with van der Waals surface area (Å²) in [6.07, 6.45) is 0. The van der Waals surface area contributed by atoms with Gasteiger partial charge in [0.05, 0.1) is 0 Å². The van der Waals surface area contributed by atoms with E-state index in [9.17, 15) is 0 Å². The second-order valence-corrected chi connectivity index (χ2v) is 4.48. The summed E-state index contributed by atoms with van der Waals surface area (Å²) in [5.74, 6) is -0.0334. The van der Waals surface area contributed by atoms with E-state index < -0.39 is 0 Å². The number of aryl methyl sites for hydroxylation is 1. The molecule has 2 rings (SSSR count). The van der Waals surface area contributed by atoms with Crippen LogP contribution in [-0.4, -0.2) is 12.3 Å². The van der Waals surface area contributed by atoms with Crippen LogP contribution in [0.15, 0.2) is 54.6 Å². The van der Waals surface area contributed by atoms with Gasteiger partial charge in [-0.1, -0.05) is 74.0 Å². The van der Waals surface area contributed by atoms with Crippen LogP contribution in [0.3, 0.4) is 0 Å². The molecule has 0 saturated heterocycles. The molecule has 0 spiro atoms. The van der Waals surface area contributed by atoms with Crippen molar-refractivity contribution in [3.05, 3.63) is 71.3 Å². The molecule has 0 aliphatic carbocycles. The molecule has 20 heavy (non-hydrogen) atoms. The Morgan fingerprint density at radius 1 is 1.00 bits per heavy atom. The Balaban J connectivity index is 0.000000956. The van der Waals surface area contributed by atoms with Gasteiger partial charge in [0.15, 0.2) is 0 Å². The van der Waals surface area contributed by atoms with Gasteiger partial charge in [-0.05, 0) is 18.1 Å². The monoisotopic (exact) mass is 268 g/mol. The van der Waals surface area contributed by atoms with E-state index in [1.54, 1.807) is 0 Å². The summed E-state index contributed by atoms with van der Waals surface area (Å²) in [7, 11) is 0. The van der Waals surface area contributed by atoms with Gasteiger partial charge >= 0.3 is 0 Å². The van der Waals surface area contributed by atoms with Crippen molar-refractivity contribution in [2.45, 2.75) is 26.7 Å². The number of hydrogen-bond acceptors (Lipinski definition) is 2. The lowest BCUT2D eigenvalue weighted by atomic mass is 9.90. The molecule has 0 aliphatic heterocycles. The van der Waals surface area contributed by atoms with Gasteiger partial charge in [0.1, 0.15) is 0 Å². The Morgan fingerprint density at radius 2 is 1.55 bits per heavy atom. The lowest BCUT2D eigenvalue weighted by Gasteiger charge is -2.17. The highest BCUT2D eigenvalue weighted by Crippen LogP contribution is 2.20. The Bertz CT molecular complexity index is 515. The van der Waals surface area contributed by atoms with Gasteiger partial charge in [0.25, 0.3) is 0 Å². The maximum atomic E-state index is 8.31. The van der Waals surface area contributed by atoms with Gasteiger partial charge in [0.2, 0.25) is 0 Å². The van der Waals surface area contributed by atoms with E-state index >= 15 is 0 Å². The van der Waals surface area contributed by atoms with Crippen molar-refractivity contribution < 1.29 is 0 Å². The van der Waals surface area contributed by atoms with Crippen LogP contribution in [0.4, 0.5) is 0 Å². The van der Waals surface area contributed by atoms with E-state index in [2.05, 4.69) is 0 Å². The van der Waals surface area contributed by atoms with Crippen molar-refractivity contribution in [3.63, 3.8) is 0 Å². The lowest BCUT2D eigenvalue weighted by molar-refractivity contribution is 0.883. The summed E-state index contributed by atoms with van der Waals surface area (Å²) < 4.78 is 0. The third kappa shape index (κ3) is 4.04. The topological polar surface area (TPSA) is 49.9 Å². The van der Waals surface area contributed by atoms with Crippen molar-refractivity contribution in [1.82, 2.24) is 0 Å². The summed E-state index contributed by atoms with van der Waals surface area (Å²) in [5.41, 5.74) is 9.67. The van der Waals surface area contributed by atoms with Gasteiger partial charge in [-0.2, -0.15) is 0 Å². The number of rotatable bonds is 4. The highest BCUT2D eigenvalue weighted by molar-refractivity contribution is 6.03. The van der Waals surface area contributed by atoms with E-state index in [1.165, 1.54) is 5.56 Å². The molecule has 2 heteroatoms. The molecule has 0 bridgehead atoms. The van der Waals surface area contributed by atoms with Gasteiger partial charge in [-0.15, -0.1) is 0 Å². The van der Waals surface area contributed by atoms with Crippen LogP contribution in [0.25, 0.3) is 0 Å². The molecule has 0 aromatic heterocycles. The SMILES string of the molecule is CC.Cc1ccc(C(=N)C(CN)c2ccccc2)cc1. The van der Waals surface area contributed by atoms with E-state index in [4.69, 9.17) is 11.1 Å². The summed E-state index contributed by atoms with van der Waals surface area (Å²) >= 11 is 0. The van der Waals surface area contributed by atoms with Gasteiger partial charge in [0, 0.05) is 18.2 Å². The normalized spacial score (nSPS) is 11.2. The van der Waals surface area contributed by atoms with E-state index in [-0.39, 0.29) is 5.92 Å². The van der Waals surface area contributed by atoms with Gasteiger partial charge in [-0.25, -0.2) is 0 Å². The average Bonchev–Trinajstić information content (AvgIpc) is 2.52. The minimum atomic E-state index is -0.0334. The Hall–Kier alpha value is -1.93. The molecule has 0 fully saturated rings. The molecule has 2 aromatic rings. The highest BCUT2D eigenvalue weighted by atomic mass is 14.6. The fraction of sp³-hybridized carbons (Fsp3) is 0.278. The maximum absolute atomic E-state index is 8.31. The van der Waals surface area contributed by atoms with Crippen LogP contribution in [0, 0.1) is 12.3 Å². The fourth-order valence-corrected chi connectivity index (χ4v) is 2.04. The first-order valence-corrected chi connectivity index (χ1v) is 7.13. The third-order valence-corrected chi connectivity index (χ3v) is 3.15. The molecule has 2 nitrogen and oxygen atoms in total.